The van der Waals surface area contributed by atoms with Crippen molar-refractivity contribution in [1.82, 2.24) is 19.1 Å². The molecule has 0 aliphatic rings. The molecule has 186 valence electrons. The average molecular weight is 475 g/mol. The predicted octanol–water partition coefficient (Wildman–Crippen LogP) is 5.39. The minimum atomic E-state index is -0.402. The van der Waals surface area contributed by atoms with Crippen molar-refractivity contribution in [1.29, 1.82) is 0 Å². The van der Waals surface area contributed by atoms with E-state index in [4.69, 9.17) is 9.97 Å². The summed E-state index contributed by atoms with van der Waals surface area (Å²) >= 11 is 0. The van der Waals surface area contributed by atoms with Crippen LogP contribution < -0.4 is 11.2 Å². The molecule has 0 radical (unpaired) electrons. The van der Waals surface area contributed by atoms with Crippen LogP contribution in [0.15, 0.2) is 40.9 Å². The molecule has 0 N–H and O–H groups in total. The Hall–Kier alpha value is -3.28. The van der Waals surface area contributed by atoms with Gasteiger partial charge in [0.05, 0.1) is 11.4 Å². The molecule has 0 amide bonds. The molecule has 0 spiro atoms. The maximum atomic E-state index is 13.1. The summed E-state index contributed by atoms with van der Waals surface area (Å²) < 4.78 is 2.73. The van der Waals surface area contributed by atoms with Gasteiger partial charge in [-0.25, -0.2) is 14.8 Å². The van der Waals surface area contributed by atoms with Crippen LogP contribution in [0.1, 0.15) is 75.5 Å². The lowest BCUT2D eigenvalue weighted by atomic mass is 9.84. The highest BCUT2D eigenvalue weighted by molar-refractivity contribution is 5.70. The molecule has 3 rings (SSSR count). The Balaban J connectivity index is 2.30. The molecule has 2 heterocycles. The zero-order valence-electron chi connectivity index (χ0n) is 22.0. The molecule has 6 nitrogen and oxygen atoms in total. The van der Waals surface area contributed by atoms with Gasteiger partial charge in [0.25, 0.3) is 5.56 Å². The fourth-order valence-corrected chi connectivity index (χ4v) is 4.24. The van der Waals surface area contributed by atoms with Gasteiger partial charge in [-0.05, 0) is 40.9 Å². The van der Waals surface area contributed by atoms with E-state index < -0.39 is 5.56 Å². The normalized spacial score (nSPS) is 11.9. The van der Waals surface area contributed by atoms with E-state index in [0.717, 1.165) is 45.5 Å². The maximum Gasteiger partial charge on any atom is 0.332 e. The Morgan fingerprint density at radius 3 is 2.40 bits per heavy atom. The molecular formula is C29H38N4O2. The SMILES string of the molecule is C=Cc1cccc(Cc2nc3c(nc2CCC(C)(C)CC)c(=O)n(C)c(=O)n3CC(C)C)c1C=C. The van der Waals surface area contributed by atoms with Gasteiger partial charge < -0.3 is 0 Å². The van der Waals surface area contributed by atoms with Gasteiger partial charge in [-0.1, -0.05) is 84.5 Å². The van der Waals surface area contributed by atoms with E-state index in [2.05, 4.69) is 40.0 Å². The molecule has 6 heteroatoms. The molecule has 0 bridgehead atoms. The van der Waals surface area contributed by atoms with Gasteiger partial charge in [-0.2, -0.15) is 0 Å². The molecule has 0 aliphatic carbocycles. The van der Waals surface area contributed by atoms with Crippen molar-refractivity contribution in [3.63, 3.8) is 0 Å². The maximum absolute atomic E-state index is 13.1. The second-order valence-corrected chi connectivity index (χ2v) is 10.5. The first-order chi connectivity index (χ1) is 16.5. The highest BCUT2D eigenvalue weighted by atomic mass is 16.2. The lowest BCUT2D eigenvalue weighted by Gasteiger charge is -2.23. The predicted molar refractivity (Wildman–Crippen MR) is 146 cm³/mol. The monoisotopic (exact) mass is 474 g/mol. The number of fused-ring (bicyclic) bond motifs is 1. The quantitative estimate of drug-likeness (QED) is 0.395. The van der Waals surface area contributed by atoms with Crippen LogP contribution in [-0.2, 0) is 26.4 Å². The molecule has 0 atom stereocenters. The van der Waals surface area contributed by atoms with Gasteiger partial charge in [0.2, 0.25) is 0 Å². The summed E-state index contributed by atoms with van der Waals surface area (Å²) in [7, 11) is 1.51. The summed E-state index contributed by atoms with van der Waals surface area (Å²) in [5.74, 6) is 0.209. The Morgan fingerprint density at radius 1 is 1.09 bits per heavy atom. The van der Waals surface area contributed by atoms with E-state index in [9.17, 15) is 9.59 Å². The van der Waals surface area contributed by atoms with Crippen LogP contribution in [0.5, 0.6) is 0 Å². The summed E-state index contributed by atoms with van der Waals surface area (Å²) in [5.41, 5.74) is 4.66. The third-order valence-electron chi connectivity index (χ3n) is 6.87. The van der Waals surface area contributed by atoms with Crippen molar-refractivity contribution >= 4 is 23.3 Å². The number of benzene rings is 1. The molecule has 1 aromatic carbocycles. The number of hydrogen-bond acceptors (Lipinski definition) is 4. The first kappa shape index (κ1) is 26.3. The van der Waals surface area contributed by atoms with Crippen molar-refractivity contribution in [2.45, 2.75) is 66.8 Å². The number of hydrogen-bond donors (Lipinski definition) is 0. The number of rotatable bonds is 10. The van der Waals surface area contributed by atoms with E-state index in [1.807, 2.05) is 38.1 Å². The van der Waals surface area contributed by atoms with Gasteiger partial charge in [-0.15, -0.1) is 0 Å². The average Bonchev–Trinajstić information content (AvgIpc) is 2.83. The highest BCUT2D eigenvalue weighted by Crippen LogP contribution is 2.28. The topological polar surface area (TPSA) is 69.8 Å². The minimum absolute atomic E-state index is 0.143. The van der Waals surface area contributed by atoms with Crippen LogP contribution in [0.25, 0.3) is 23.3 Å². The first-order valence-corrected chi connectivity index (χ1v) is 12.4. The third-order valence-corrected chi connectivity index (χ3v) is 6.87. The Labute approximate surface area is 208 Å². The van der Waals surface area contributed by atoms with Crippen molar-refractivity contribution in [3.8, 4) is 0 Å². The fraction of sp³-hybridized carbons (Fsp3) is 0.448. The smallest absolute Gasteiger partial charge is 0.276 e. The Morgan fingerprint density at radius 2 is 1.80 bits per heavy atom. The Bertz CT molecular complexity index is 1380. The van der Waals surface area contributed by atoms with Gasteiger partial charge in [-0.3, -0.25) is 13.9 Å². The molecule has 0 unspecified atom stereocenters. The fourth-order valence-electron chi connectivity index (χ4n) is 4.24. The summed E-state index contributed by atoms with van der Waals surface area (Å²) in [5, 5.41) is 0. The van der Waals surface area contributed by atoms with Crippen molar-refractivity contribution < 1.29 is 0 Å². The van der Waals surface area contributed by atoms with E-state index >= 15 is 0 Å². The lowest BCUT2D eigenvalue weighted by Crippen LogP contribution is -2.40. The number of aromatic nitrogens is 4. The molecule has 0 aliphatic heterocycles. The van der Waals surface area contributed by atoms with Crippen molar-refractivity contribution in [3.05, 3.63) is 80.3 Å². The zero-order chi connectivity index (χ0) is 25.9. The third kappa shape index (κ3) is 5.53. The number of aryl methyl sites for hydroxylation is 1. The molecule has 35 heavy (non-hydrogen) atoms. The van der Waals surface area contributed by atoms with Crippen LogP contribution in [0.3, 0.4) is 0 Å². The van der Waals surface area contributed by atoms with E-state index in [1.165, 1.54) is 7.05 Å². The van der Waals surface area contributed by atoms with Crippen LogP contribution >= 0.6 is 0 Å². The van der Waals surface area contributed by atoms with Crippen molar-refractivity contribution in [2.24, 2.45) is 18.4 Å². The molecular weight excluding hydrogens is 436 g/mol. The molecule has 0 fully saturated rings. The second kappa shape index (κ2) is 10.5. The molecule has 0 saturated carbocycles. The highest BCUT2D eigenvalue weighted by Gasteiger charge is 2.21. The van der Waals surface area contributed by atoms with E-state index in [-0.39, 0.29) is 22.5 Å². The van der Waals surface area contributed by atoms with E-state index in [1.54, 1.807) is 4.57 Å². The van der Waals surface area contributed by atoms with Crippen molar-refractivity contribution in [2.75, 3.05) is 0 Å². The summed E-state index contributed by atoms with van der Waals surface area (Å²) in [6.07, 6.45) is 6.85. The second-order valence-electron chi connectivity index (χ2n) is 10.5. The van der Waals surface area contributed by atoms with Gasteiger partial charge >= 0.3 is 5.69 Å². The van der Waals surface area contributed by atoms with Gasteiger partial charge in [0.15, 0.2) is 11.2 Å². The molecule has 2 aromatic heterocycles. The molecule has 3 aromatic rings. The van der Waals surface area contributed by atoms with Crippen LogP contribution in [-0.4, -0.2) is 19.1 Å². The van der Waals surface area contributed by atoms with E-state index in [0.29, 0.717) is 25.0 Å². The zero-order valence-corrected chi connectivity index (χ0v) is 22.0. The lowest BCUT2D eigenvalue weighted by molar-refractivity contribution is 0.321. The standard InChI is InChI=1S/C29H38N4O2/c1-9-20-13-12-14-21(22(20)10-2)17-24-23(15-16-29(6,7)11-3)30-25-26(31-24)33(18-19(4)5)28(35)32(8)27(25)34/h9-10,12-14,19H,1-2,11,15-18H2,3-8H3. The number of nitrogens with zero attached hydrogens (tertiary/aromatic N) is 4. The largest absolute Gasteiger partial charge is 0.332 e. The Kier molecular flexibility index (Phi) is 7.93. The summed E-state index contributed by atoms with van der Waals surface area (Å²) in [6, 6.07) is 6.06. The minimum Gasteiger partial charge on any atom is -0.276 e. The summed E-state index contributed by atoms with van der Waals surface area (Å²) in [4.78, 5) is 35.9. The van der Waals surface area contributed by atoms with Crippen LogP contribution in [0, 0.1) is 11.3 Å². The first-order valence-electron chi connectivity index (χ1n) is 12.4. The summed E-state index contributed by atoms with van der Waals surface area (Å²) in [6.45, 7) is 19.1. The van der Waals surface area contributed by atoms with Crippen LogP contribution in [0.2, 0.25) is 0 Å². The van der Waals surface area contributed by atoms with Crippen LogP contribution in [0.4, 0.5) is 0 Å². The van der Waals surface area contributed by atoms with Gasteiger partial charge in [0, 0.05) is 20.0 Å². The van der Waals surface area contributed by atoms with Gasteiger partial charge in [0.1, 0.15) is 0 Å². The molecule has 0 saturated heterocycles.